The zero-order valence-corrected chi connectivity index (χ0v) is 21.3. The van der Waals surface area contributed by atoms with Crippen LogP contribution in [0.2, 0.25) is 5.02 Å². The molecule has 1 N–H and O–H groups in total. The van der Waals surface area contributed by atoms with Crippen LogP contribution in [0.15, 0.2) is 65.8 Å². The maximum atomic E-state index is 13.2. The molecule has 0 saturated heterocycles. The molecule has 0 bridgehead atoms. The number of benzene rings is 1. The lowest BCUT2D eigenvalue weighted by Gasteiger charge is -2.27. The largest absolute Gasteiger partial charge is 0.443 e. The average molecular weight is 513 g/mol. The number of aromatic nitrogens is 3. The van der Waals surface area contributed by atoms with E-state index in [0.717, 1.165) is 22.8 Å². The van der Waals surface area contributed by atoms with Gasteiger partial charge in [0.15, 0.2) is 9.84 Å². The molecule has 0 atom stereocenters. The number of carbonyl (C=O) groups is 1. The first-order chi connectivity index (χ1) is 16.4. The van der Waals surface area contributed by atoms with Crippen molar-refractivity contribution < 1.29 is 17.9 Å². The van der Waals surface area contributed by atoms with Gasteiger partial charge >= 0.3 is 6.09 Å². The zero-order valence-electron chi connectivity index (χ0n) is 19.7. The predicted molar refractivity (Wildman–Crippen MR) is 136 cm³/mol. The van der Waals surface area contributed by atoms with E-state index in [9.17, 15) is 13.2 Å². The molecule has 0 aliphatic rings. The van der Waals surface area contributed by atoms with Gasteiger partial charge in [-0.2, -0.15) is 0 Å². The summed E-state index contributed by atoms with van der Waals surface area (Å²) < 4.78 is 29.3. The summed E-state index contributed by atoms with van der Waals surface area (Å²) in [5.41, 5.74) is 2.09. The highest BCUT2D eigenvalue weighted by atomic mass is 35.5. The Balaban J connectivity index is 1.73. The molecule has 0 aliphatic carbocycles. The standard InChI is InChI=1S/C25H25ClN4O4S/c1-25(2,3)34-24(31)30(15-16-8-10-18(11-9-16)35(4,32)33)22-7-5-6-21(29-22)20-14-28-23-19(20)12-17(26)13-27-23/h5-14H,15H2,1-4H3,(H,27,28). The Hall–Kier alpha value is -3.43. The number of anilines is 1. The fourth-order valence-corrected chi connectivity index (χ4v) is 4.28. The topological polar surface area (TPSA) is 105 Å². The van der Waals surface area contributed by atoms with E-state index in [4.69, 9.17) is 21.3 Å². The number of fused-ring (bicyclic) bond motifs is 1. The van der Waals surface area contributed by atoms with Crippen LogP contribution in [0.3, 0.4) is 0 Å². The van der Waals surface area contributed by atoms with Crippen molar-refractivity contribution >= 4 is 44.4 Å². The number of pyridine rings is 2. The third-order valence-corrected chi connectivity index (χ3v) is 6.43. The van der Waals surface area contributed by atoms with Crippen molar-refractivity contribution in [3.63, 3.8) is 0 Å². The number of halogens is 1. The molecule has 0 spiro atoms. The number of carbonyl (C=O) groups excluding carboxylic acids is 1. The Morgan fingerprint density at radius 1 is 1.14 bits per heavy atom. The van der Waals surface area contributed by atoms with Gasteiger partial charge in [0.2, 0.25) is 0 Å². The van der Waals surface area contributed by atoms with Gasteiger partial charge in [-0.25, -0.2) is 23.2 Å². The van der Waals surface area contributed by atoms with Gasteiger partial charge < -0.3 is 9.72 Å². The number of nitrogens with one attached hydrogen (secondary N) is 1. The molecule has 0 unspecified atom stereocenters. The molecule has 3 aromatic heterocycles. The number of sulfone groups is 1. The van der Waals surface area contributed by atoms with Crippen molar-refractivity contribution in [1.29, 1.82) is 0 Å². The van der Waals surface area contributed by atoms with Crippen LogP contribution in [-0.4, -0.2) is 41.3 Å². The van der Waals surface area contributed by atoms with Gasteiger partial charge in [0.25, 0.3) is 0 Å². The number of amides is 1. The van der Waals surface area contributed by atoms with Gasteiger partial charge in [-0.05, 0) is 56.7 Å². The summed E-state index contributed by atoms with van der Waals surface area (Å²) in [5, 5.41) is 1.31. The van der Waals surface area contributed by atoms with Gasteiger partial charge in [-0.3, -0.25) is 4.90 Å². The predicted octanol–water partition coefficient (Wildman–Crippen LogP) is 5.62. The van der Waals surface area contributed by atoms with E-state index >= 15 is 0 Å². The zero-order chi connectivity index (χ0) is 25.4. The monoisotopic (exact) mass is 512 g/mol. The van der Waals surface area contributed by atoms with Crippen LogP contribution in [0.25, 0.3) is 22.3 Å². The number of hydrogen-bond donors (Lipinski definition) is 1. The first-order valence-electron chi connectivity index (χ1n) is 10.8. The van der Waals surface area contributed by atoms with Crippen molar-refractivity contribution in [1.82, 2.24) is 15.0 Å². The highest BCUT2D eigenvalue weighted by Crippen LogP contribution is 2.30. The van der Waals surface area contributed by atoms with E-state index in [0.29, 0.717) is 22.2 Å². The number of H-pyrrole nitrogens is 1. The summed E-state index contributed by atoms with van der Waals surface area (Å²) in [6.45, 7) is 5.50. The second kappa shape index (κ2) is 9.31. The van der Waals surface area contributed by atoms with Crippen LogP contribution < -0.4 is 4.90 Å². The average Bonchev–Trinajstić information content (AvgIpc) is 3.19. The molecule has 3 heterocycles. The third-order valence-electron chi connectivity index (χ3n) is 5.09. The highest BCUT2D eigenvalue weighted by Gasteiger charge is 2.25. The quantitative estimate of drug-likeness (QED) is 0.372. The fourth-order valence-electron chi connectivity index (χ4n) is 3.49. The lowest BCUT2D eigenvalue weighted by atomic mass is 10.1. The number of hydrogen-bond acceptors (Lipinski definition) is 6. The van der Waals surface area contributed by atoms with Crippen LogP contribution in [0.5, 0.6) is 0 Å². The fraction of sp³-hybridized carbons (Fsp3) is 0.240. The van der Waals surface area contributed by atoms with E-state index in [-0.39, 0.29) is 11.4 Å². The number of rotatable bonds is 5. The van der Waals surface area contributed by atoms with Gasteiger partial charge in [0, 0.05) is 29.6 Å². The molecule has 182 valence electrons. The Morgan fingerprint density at radius 3 is 2.51 bits per heavy atom. The van der Waals surface area contributed by atoms with Gasteiger partial charge in [-0.1, -0.05) is 29.8 Å². The highest BCUT2D eigenvalue weighted by molar-refractivity contribution is 7.90. The molecule has 8 nitrogen and oxygen atoms in total. The van der Waals surface area contributed by atoms with Crippen molar-refractivity contribution in [3.8, 4) is 11.3 Å². The number of nitrogens with zero attached hydrogens (tertiary/aromatic N) is 3. The Bertz CT molecular complexity index is 1490. The Morgan fingerprint density at radius 2 is 1.86 bits per heavy atom. The van der Waals surface area contributed by atoms with Crippen molar-refractivity contribution in [2.45, 2.75) is 37.8 Å². The van der Waals surface area contributed by atoms with Gasteiger partial charge in [-0.15, -0.1) is 0 Å². The SMILES string of the molecule is CC(C)(C)OC(=O)N(Cc1ccc(S(C)(=O)=O)cc1)c1cccc(-c2c[nH]c3ncc(Cl)cc23)n1. The Kier molecular flexibility index (Phi) is 6.57. The summed E-state index contributed by atoms with van der Waals surface area (Å²) in [7, 11) is -3.33. The third kappa shape index (κ3) is 5.80. The normalized spacial score (nSPS) is 12.0. The lowest BCUT2D eigenvalue weighted by molar-refractivity contribution is 0.0576. The molecule has 10 heteroatoms. The van der Waals surface area contributed by atoms with Crippen LogP contribution in [0, 0.1) is 0 Å². The molecule has 1 aromatic carbocycles. The van der Waals surface area contributed by atoms with Gasteiger partial charge in [0.1, 0.15) is 17.1 Å². The molecular weight excluding hydrogens is 488 g/mol. The van der Waals surface area contributed by atoms with E-state index < -0.39 is 21.5 Å². The van der Waals surface area contributed by atoms with Crippen LogP contribution in [-0.2, 0) is 21.1 Å². The molecule has 35 heavy (non-hydrogen) atoms. The van der Waals surface area contributed by atoms with Crippen molar-refractivity contribution in [2.24, 2.45) is 0 Å². The molecule has 4 rings (SSSR count). The second-order valence-corrected chi connectivity index (χ2v) is 11.6. The van der Waals surface area contributed by atoms with E-state index in [1.165, 1.54) is 17.0 Å². The Labute approximate surface area is 208 Å². The molecule has 0 saturated carbocycles. The minimum atomic E-state index is -3.33. The molecule has 1 amide bonds. The van der Waals surface area contributed by atoms with E-state index in [1.807, 2.05) is 6.07 Å². The van der Waals surface area contributed by atoms with Crippen LogP contribution in [0.4, 0.5) is 10.6 Å². The molecule has 0 aliphatic heterocycles. The first-order valence-corrected chi connectivity index (χ1v) is 13.1. The van der Waals surface area contributed by atoms with Crippen LogP contribution in [0.1, 0.15) is 26.3 Å². The maximum Gasteiger partial charge on any atom is 0.416 e. The number of aromatic amines is 1. The maximum absolute atomic E-state index is 13.2. The minimum absolute atomic E-state index is 0.136. The summed E-state index contributed by atoms with van der Waals surface area (Å²) in [5.74, 6) is 0.383. The van der Waals surface area contributed by atoms with Gasteiger partial charge in [0.05, 0.1) is 22.2 Å². The summed E-state index contributed by atoms with van der Waals surface area (Å²) in [4.78, 5) is 26.9. The summed E-state index contributed by atoms with van der Waals surface area (Å²) in [6.07, 6.45) is 3.94. The molecular formula is C25H25ClN4O4S. The molecule has 0 radical (unpaired) electrons. The minimum Gasteiger partial charge on any atom is -0.443 e. The summed E-state index contributed by atoms with van der Waals surface area (Å²) >= 11 is 6.15. The van der Waals surface area contributed by atoms with Crippen molar-refractivity contribution in [3.05, 3.63) is 71.5 Å². The summed E-state index contributed by atoms with van der Waals surface area (Å²) in [6, 6.07) is 13.5. The van der Waals surface area contributed by atoms with E-state index in [2.05, 4.69) is 9.97 Å². The molecule has 4 aromatic rings. The smallest absolute Gasteiger partial charge is 0.416 e. The number of ether oxygens (including phenoxy) is 1. The van der Waals surface area contributed by atoms with Crippen molar-refractivity contribution in [2.75, 3.05) is 11.2 Å². The second-order valence-electron chi connectivity index (χ2n) is 9.12. The first kappa shape index (κ1) is 24.7. The lowest BCUT2D eigenvalue weighted by Crippen LogP contribution is -2.37. The molecule has 0 fully saturated rings. The van der Waals surface area contributed by atoms with Crippen LogP contribution >= 0.6 is 11.6 Å². The van der Waals surface area contributed by atoms with E-state index in [1.54, 1.807) is 63.5 Å².